The molecule has 18 heavy (non-hydrogen) atoms. The van der Waals surface area contributed by atoms with Crippen molar-refractivity contribution < 1.29 is 9.53 Å². The zero-order chi connectivity index (χ0) is 13.5. The van der Waals surface area contributed by atoms with Gasteiger partial charge in [-0.2, -0.15) is 0 Å². The first kappa shape index (κ1) is 16.9. The number of hydrogen-bond acceptors (Lipinski definition) is 2. The Hall–Kier alpha value is -1.05. The van der Waals surface area contributed by atoms with Gasteiger partial charge in [-0.15, -0.1) is 0 Å². The van der Waals surface area contributed by atoms with Gasteiger partial charge in [0.15, 0.2) is 0 Å². The Kier molecular flexibility index (Phi) is 13.2. The van der Waals surface area contributed by atoms with Crippen LogP contribution in [-0.2, 0) is 9.53 Å². The van der Waals surface area contributed by atoms with E-state index in [-0.39, 0.29) is 5.97 Å². The van der Waals surface area contributed by atoms with Gasteiger partial charge in [0.25, 0.3) is 0 Å². The van der Waals surface area contributed by atoms with Crippen LogP contribution in [0, 0.1) is 0 Å². The maximum atomic E-state index is 10.5. The van der Waals surface area contributed by atoms with Gasteiger partial charge in [0.1, 0.15) is 6.61 Å². The predicted octanol–water partition coefficient (Wildman–Crippen LogP) is 4.80. The fourth-order valence-corrected chi connectivity index (χ4v) is 1.63. The van der Waals surface area contributed by atoms with Crippen LogP contribution in [0.25, 0.3) is 0 Å². The Balaban J connectivity index is 3.13. The van der Waals surface area contributed by atoms with Gasteiger partial charge in [-0.1, -0.05) is 50.5 Å². The van der Waals surface area contributed by atoms with Gasteiger partial charge in [-0.3, -0.25) is 4.79 Å². The first-order valence-electron chi connectivity index (χ1n) is 7.20. The standard InChI is InChI=1S/C16H28O2/c1-3-4-5-6-7-8-9-10-11-12-13-14-15-18-16(2)17/h5-6,13-14H,3-4,7-12,15H2,1-2H3. The molecule has 0 aliphatic rings. The van der Waals surface area contributed by atoms with E-state index in [9.17, 15) is 4.79 Å². The van der Waals surface area contributed by atoms with Crippen LogP contribution in [0.2, 0.25) is 0 Å². The summed E-state index contributed by atoms with van der Waals surface area (Å²) in [7, 11) is 0. The zero-order valence-corrected chi connectivity index (χ0v) is 12.0. The molecule has 0 aliphatic carbocycles. The Morgan fingerprint density at radius 3 is 2.00 bits per heavy atom. The van der Waals surface area contributed by atoms with Crippen LogP contribution < -0.4 is 0 Å². The Morgan fingerprint density at radius 1 is 0.889 bits per heavy atom. The maximum Gasteiger partial charge on any atom is 0.302 e. The van der Waals surface area contributed by atoms with E-state index >= 15 is 0 Å². The number of hydrogen-bond donors (Lipinski definition) is 0. The smallest absolute Gasteiger partial charge is 0.302 e. The quantitative estimate of drug-likeness (QED) is 0.300. The molecule has 0 heterocycles. The average molecular weight is 252 g/mol. The molecule has 0 amide bonds. The van der Waals surface area contributed by atoms with Gasteiger partial charge >= 0.3 is 5.97 Å². The molecule has 0 aromatic rings. The van der Waals surface area contributed by atoms with Crippen LogP contribution in [0.4, 0.5) is 0 Å². The Morgan fingerprint density at radius 2 is 1.44 bits per heavy atom. The summed E-state index contributed by atoms with van der Waals surface area (Å²) in [5.74, 6) is -0.212. The highest BCUT2D eigenvalue weighted by Gasteiger charge is 1.89. The summed E-state index contributed by atoms with van der Waals surface area (Å²) < 4.78 is 4.80. The zero-order valence-electron chi connectivity index (χ0n) is 12.0. The number of rotatable bonds is 11. The van der Waals surface area contributed by atoms with Crippen molar-refractivity contribution in [3.63, 3.8) is 0 Å². The molecule has 0 aromatic carbocycles. The summed E-state index contributed by atoms with van der Waals surface area (Å²) in [5, 5.41) is 0. The first-order valence-corrected chi connectivity index (χ1v) is 7.20. The first-order chi connectivity index (χ1) is 8.77. The van der Waals surface area contributed by atoms with Crippen LogP contribution in [0.3, 0.4) is 0 Å². The van der Waals surface area contributed by atoms with Crippen molar-refractivity contribution in [2.75, 3.05) is 6.61 Å². The fourth-order valence-electron chi connectivity index (χ4n) is 1.63. The molecular weight excluding hydrogens is 224 g/mol. The lowest BCUT2D eigenvalue weighted by molar-refractivity contribution is -0.139. The van der Waals surface area contributed by atoms with E-state index in [1.807, 2.05) is 6.08 Å². The predicted molar refractivity (Wildman–Crippen MR) is 77.5 cm³/mol. The van der Waals surface area contributed by atoms with Gasteiger partial charge in [0.2, 0.25) is 0 Å². The van der Waals surface area contributed by atoms with Gasteiger partial charge in [0, 0.05) is 6.92 Å². The van der Waals surface area contributed by atoms with E-state index in [0.29, 0.717) is 6.61 Å². The minimum atomic E-state index is -0.212. The molecule has 0 fully saturated rings. The maximum absolute atomic E-state index is 10.5. The largest absolute Gasteiger partial charge is 0.462 e. The molecule has 0 rings (SSSR count). The van der Waals surface area contributed by atoms with E-state index in [4.69, 9.17) is 4.74 Å². The summed E-state index contributed by atoms with van der Waals surface area (Å²) >= 11 is 0. The van der Waals surface area contributed by atoms with Crippen LogP contribution in [0.5, 0.6) is 0 Å². The molecule has 0 radical (unpaired) electrons. The van der Waals surface area contributed by atoms with Crippen molar-refractivity contribution in [3.8, 4) is 0 Å². The van der Waals surface area contributed by atoms with E-state index in [2.05, 4.69) is 25.2 Å². The molecule has 0 aromatic heterocycles. The van der Waals surface area contributed by atoms with Crippen molar-refractivity contribution in [3.05, 3.63) is 24.3 Å². The Bertz CT molecular complexity index is 241. The topological polar surface area (TPSA) is 26.3 Å². The number of esters is 1. The second-order valence-corrected chi connectivity index (χ2v) is 4.53. The van der Waals surface area contributed by atoms with E-state index in [1.54, 1.807) is 0 Å². The van der Waals surface area contributed by atoms with Crippen LogP contribution in [0.15, 0.2) is 24.3 Å². The normalized spacial score (nSPS) is 11.4. The monoisotopic (exact) mass is 252 g/mol. The third-order valence-electron chi connectivity index (χ3n) is 2.66. The number of ether oxygens (including phenoxy) is 1. The van der Waals surface area contributed by atoms with Crippen LogP contribution >= 0.6 is 0 Å². The molecular formula is C16H28O2. The number of carbonyl (C=O) groups is 1. The summed E-state index contributed by atoms with van der Waals surface area (Å²) in [6.45, 7) is 4.06. The minimum absolute atomic E-state index is 0.212. The average Bonchev–Trinajstić information content (AvgIpc) is 2.34. The molecule has 2 heteroatoms. The SMILES string of the molecule is CCCC=CCCCCCCC=CCOC(C)=O. The lowest BCUT2D eigenvalue weighted by atomic mass is 10.1. The lowest BCUT2D eigenvalue weighted by Gasteiger charge is -1.97. The van der Waals surface area contributed by atoms with Crippen LogP contribution in [-0.4, -0.2) is 12.6 Å². The highest BCUT2D eigenvalue weighted by Crippen LogP contribution is 2.06. The highest BCUT2D eigenvalue weighted by molar-refractivity contribution is 5.65. The van der Waals surface area contributed by atoms with E-state index in [1.165, 1.54) is 51.9 Å². The van der Waals surface area contributed by atoms with E-state index < -0.39 is 0 Å². The lowest BCUT2D eigenvalue weighted by Crippen LogP contribution is -1.97. The van der Waals surface area contributed by atoms with Gasteiger partial charge in [-0.05, 0) is 32.1 Å². The summed E-state index contributed by atoms with van der Waals surface area (Å²) in [4.78, 5) is 10.5. The number of carbonyl (C=O) groups excluding carboxylic acids is 1. The number of allylic oxidation sites excluding steroid dienone is 3. The second kappa shape index (κ2) is 14.0. The Labute approximate surface area is 112 Å². The van der Waals surface area contributed by atoms with E-state index in [0.717, 1.165) is 6.42 Å². The summed E-state index contributed by atoms with van der Waals surface area (Å²) in [6.07, 6.45) is 18.5. The van der Waals surface area contributed by atoms with Crippen molar-refractivity contribution in [2.45, 2.75) is 65.2 Å². The molecule has 2 nitrogen and oxygen atoms in total. The van der Waals surface area contributed by atoms with Crippen LogP contribution in [0.1, 0.15) is 65.2 Å². The molecule has 0 bridgehead atoms. The minimum Gasteiger partial charge on any atom is -0.462 e. The second-order valence-electron chi connectivity index (χ2n) is 4.53. The fraction of sp³-hybridized carbons (Fsp3) is 0.688. The molecule has 0 unspecified atom stereocenters. The van der Waals surface area contributed by atoms with Crippen molar-refractivity contribution in [2.24, 2.45) is 0 Å². The summed E-state index contributed by atoms with van der Waals surface area (Å²) in [6, 6.07) is 0. The molecule has 0 atom stereocenters. The van der Waals surface area contributed by atoms with Crippen molar-refractivity contribution in [1.29, 1.82) is 0 Å². The molecule has 104 valence electrons. The van der Waals surface area contributed by atoms with Crippen molar-refractivity contribution in [1.82, 2.24) is 0 Å². The summed E-state index contributed by atoms with van der Waals surface area (Å²) in [5.41, 5.74) is 0. The molecule has 0 spiro atoms. The third kappa shape index (κ3) is 14.9. The van der Waals surface area contributed by atoms with Gasteiger partial charge in [0.05, 0.1) is 0 Å². The van der Waals surface area contributed by atoms with Gasteiger partial charge in [-0.25, -0.2) is 0 Å². The van der Waals surface area contributed by atoms with Crippen molar-refractivity contribution >= 4 is 5.97 Å². The molecule has 0 aliphatic heterocycles. The third-order valence-corrected chi connectivity index (χ3v) is 2.66. The molecule has 0 saturated heterocycles. The molecule has 0 N–H and O–H groups in total. The number of unbranched alkanes of at least 4 members (excludes halogenated alkanes) is 6. The molecule has 0 saturated carbocycles. The van der Waals surface area contributed by atoms with Gasteiger partial charge < -0.3 is 4.74 Å². The highest BCUT2D eigenvalue weighted by atomic mass is 16.5.